The van der Waals surface area contributed by atoms with Crippen LogP contribution in [0.2, 0.25) is 0 Å². The molecule has 0 amide bonds. The second-order valence-electron chi connectivity index (χ2n) is 19.4. The van der Waals surface area contributed by atoms with Gasteiger partial charge in [0.15, 0.2) is 0 Å². The largest absolute Gasteiger partial charge is 0.328 e. The molecule has 3 atom stereocenters. The normalized spacial score (nSPS) is 13.3. The molecular weight excluding hydrogens is 905 g/mol. The van der Waals surface area contributed by atoms with Gasteiger partial charge in [0, 0.05) is 17.1 Å². The third-order valence-electron chi connectivity index (χ3n) is 12.9. The molecule has 0 saturated heterocycles. The van der Waals surface area contributed by atoms with E-state index in [0.717, 1.165) is 38.5 Å². The zero-order valence-electron chi connectivity index (χ0n) is 43.0. The Labute approximate surface area is 409 Å². The number of rotatable bonds is 45. The Kier molecular flexibility index (Phi) is 57.9. The number of unbranched alkanes of at least 4 members (excludes halogenated alkanes) is 36. The molecule has 0 fully saturated rings. The molecule has 0 aliphatic carbocycles. The molecule has 0 aromatic rings. The molecule has 6 N–H and O–H groups in total. The first kappa shape index (κ1) is 71.5. The minimum atomic E-state index is -3.84. The average Bonchev–Trinajstić information content (AvgIpc) is 3.22. The van der Waals surface area contributed by atoms with E-state index in [0.29, 0.717) is 19.3 Å². The summed E-state index contributed by atoms with van der Waals surface area (Å²) in [5.41, 5.74) is -1.40. The van der Waals surface area contributed by atoms with E-state index >= 15 is 0 Å². The summed E-state index contributed by atoms with van der Waals surface area (Å²) in [4.78, 5) is 53.9. The van der Waals surface area contributed by atoms with Crippen LogP contribution in [0, 0.1) is 0 Å². The SMILES string of the molecule is CCCCCCCCCCCCCCCC(C)P(=O)(O)O.CCCCCCCCCCCCCCCC(C)P(=O)(O)O.CCCCCCCCCCCCCCCC(C)P(=O)(O)O.[Fe]. The van der Waals surface area contributed by atoms with Crippen LogP contribution in [0.15, 0.2) is 0 Å². The summed E-state index contributed by atoms with van der Waals surface area (Å²) < 4.78 is 32.9. The topological polar surface area (TPSA) is 173 Å². The summed E-state index contributed by atoms with van der Waals surface area (Å²) in [5.74, 6) is 0. The minimum Gasteiger partial charge on any atom is -0.324 e. The van der Waals surface area contributed by atoms with Gasteiger partial charge >= 0.3 is 22.8 Å². The zero-order chi connectivity index (χ0) is 47.9. The fourth-order valence-electron chi connectivity index (χ4n) is 7.88. The summed E-state index contributed by atoms with van der Waals surface area (Å²) in [6, 6.07) is 0. The molecule has 9 nitrogen and oxygen atoms in total. The van der Waals surface area contributed by atoms with E-state index in [1.54, 1.807) is 20.8 Å². The fourth-order valence-corrected chi connectivity index (χ4v) is 9.43. The van der Waals surface area contributed by atoms with Crippen LogP contribution in [0.25, 0.3) is 0 Å². The van der Waals surface area contributed by atoms with Gasteiger partial charge in [-0.25, -0.2) is 0 Å². The fraction of sp³-hybridized carbons (Fsp3) is 1.00. The molecule has 0 bridgehead atoms. The maximum atomic E-state index is 11.0. The van der Waals surface area contributed by atoms with Crippen molar-refractivity contribution < 1.29 is 60.1 Å². The summed E-state index contributed by atoms with van der Waals surface area (Å²) in [6.07, 6.45) is 52.8. The van der Waals surface area contributed by atoms with Crippen LogP contribution < -0.4 is 0 Å². The molecule has 0 heterocycles. The first-order valence-corrected chi connectivity index (χ1v) is 32.1. The second-order valence-corrected chi connectivity index (χ2v) is 25.6. The van der Waals surface area contributed by atoms with Gasteiger partial charge in [0.25, 0.3) is 0 Å². The number of hydrogen-bond donors (Lipinski definition) is 6. The molecule has 3 unspecified atom stereocenters. The van der Waals surface area contributed by atoms with Crippen molar-refractivity contribution in [2.24, 2.45) is 0 Å². The van der Waals surface area contributed by atoms with Gasteiger partial charge in [0.1, 0.15) is 0 Å². The van der Waals surface area contributed by atoms with Crippen molar-refractivity contribution in [2.45, 2.75) is 328 Å². The quantitative estimate of drug-likeness (QED) is 0.0197. The Bertz CT molecular complexity index is 924. The van der Waals surface area contributed by atoms with Crippen LogP contribution in [0.1, 0.15) is 311 Å². The minimum absolute atomic E-state index is 0. The van der Waals surface area contributed by atoms with Crippen LogP contribution in [0.5, 0.6) is 0 Å². The molecule has 0 saturated carbocycles. The van der Waals surface area contributed by atoms with E-state index in [9.17, 15) is 13.7 Å². The molecule has 0 aromatic heterocycles. The van der Waals surface area contributed by atoms with Crippen LogP contribution in [-0.4, -0.2) is 46.3 Å². The monoisotopic (exact) mass is 1020 g/mol. The van der Waals surface area contributed by atoms with Gasteiger partial charge in [-0.15, -0.1) is 0 Å². The first-order valence-electron chi connectivity index (χ1n) is 27.1. The van der Waals surface area contributed by atoms with Crippen LogP contribution in [0.3, 0.4) is 0 Å². The molecule has 0 radical (unpaired) electrons. The summed E-state index contributed by atoms with van der Waals surface area (Å²) in [7, 11) is -11.5. The molecular formula is C51H111FeO9P3. The van der Waals surface area contributed by atoms with Gasteiger partial charge in [0.2, 0.25) is 0 Å². The van der Waals surface area contributed by atoms with E-state index in [2.05, 4.69) is 20.8 Å². The summed E-state index contributed by atoms with van der Waals surface area (Å²) in [5, 5.41) is 0. The number of hydrogen-bond acceptors (Lipinski definition) is 3. The summed E-state index contributed by atoms with van der Waals surface area (Å²) >= 11 is 0. The van der Waals surface area contributed by atoms with E-state index in [4.69, 9.17) is 29.4 Å². The van der Waals surface area contributed by atoms with Gasteiger partial charge in [-0.2, -0.15) is 0 Å². The van der Waals surface area contributed by atoms with Crippen LogP contribution >= 0.6 is 22.8 Å². The van der Waals surface area contributed by atoms with E-state index in [-0.39, 0.29) is 17.1 Å². The van der Waals surface area contributed by atoms with Crippen molar-refractivity contribution in [1.82, 2.24) is 0 Å². The Morgan fingerprint density at radius 3 is 0.469 bits per heavy atom. The standard InChI is InChI=1S/3C17H37O3P.Fe/c3*1-3-4-5-6-7-8-9-10-11-12-13-14-15-16-17(2)21(18,19)20;/h3*17H,3-16H2,1-2H3,(H2,18,19,20);. The van der Waals surface area contributed by atoms with Crippen molar-refractivity contribution in [1.29, 1.82) is 0 Å². The molecule has 392 valence electrons. The van der Waals surface area contributed by atoms with Gasteiger partial charge < -0.3 is 29.4 Å². The van der Waals surface area contributed by atoms with Gasteiger partial charge in [-0.05, 0) is 19.3 Å². The molecule has 0 aliphatic rings. The average molecular weight is 1020 g/mol. The molecule has 0 rings (SSSR count). The molecule has 0 aromatic carbocycles. The van der Waals surface area contributed by atoms with Gasteiger partial charge in [-0.3, -0.25) is 13.7 Å². The van der Waals surface area contributed by atoms with Gasteiger partial charge in [-0.1, -0.05) is 292 Å². The van der Waals surface area contributed by atoms with Crippen LogP contribution in [-0.2, 0) is 30.8 Å². The molecule has 13 heteroatoms. The predicted molar refractivity (Wildman–Crippen MR) is 275 cm³/mol. The molecule has 0 aliphatic heterocycles. The van der Waals surface area contributed by atoms with E-state index < -0.39 is 39.8 Å². The third-order valence-corrected chi connectivity index (χ3v) is 17.1. The maximum absolute atomic E-state index is 11.0. The van der Waals surface area contributed by atoms with Crippen molar-refractivity contribution in [3.8, 4) is 0 Å². The zero-order valence-corrected chi connectivity index (χ0v) is 46.8. The van der Waals surface area contributed by atoms with E-state index in [1.807, 2.05) is 0 Å². The maximum Gasteiger partial charge on any atom is 0.328 e. The Morgan fingerprint density at radius 2 is 0.359 bits per heavy atom. The van der Waals surface area contributed by atoms with Crippen molar-refractivity contribution in [3.63, 3.8) is 0 Å². The Hall–Kier alpha value is 0.969. The van der Waals surface area contributed by atoms with Crippen molar-refractivity contribution >= 4 is 22.8 Å². The predicted octanol–water partition coefficient (Wildman–Crippen LogP) is 18.1. The molecule has 0 spiro atoms. The second kappa shape index (κ2) is 51.8. The van der Waals surface area contributed by atoms with Crippen LogP contribution in [0.4, 0.5) is 0 Å². The first-order chi connectivity index (χ1) is 29.9. The van der Waals surface area contributed by atoms with Crippen molar-refractivity contribution in [3.05, 3.63) is 0 Å². The summed E-state index contributed by atoms with van der Waals surface area (Å²) in [6.45, 7) is 11.7. The Morgan fingerprint density at radius 1 is 0.250 bits per heavy atom. The third kappa shape index (κ3) is 59.1. The Balaban J connectivity index is -0.000000419. The molecule has 64 heavy (non-hydrogen) atoms. The van der Waals surface area contributed by atoms with Gasteiger partial charge in [0.05, 0.1) is 17.0 Å². The smallest absolute Gasteiger partial charge is 0.324 e. The van der Waals surface area contributed by atoms with E-state index in [1.165, 1.54) is 212 Å². The van der Waals surface area contributed by atoms with Crippen molar-refractivity contribution in [2.75, 3.05) is 0 Å².